The average molecular weight is 316 g/mol. The van der Waals surface area contributed by atoms with E-state index < -0.39 is 5.97 Å². The number of benzene rings is 1. The number of aryl methyl sites for hydroxylation is 1. The zero-order valence-electron chi connectivity index (χ0n) is 13.2. The molecule has 0 radical (unpaired) electrons. The molecule has 0 fully saturated rings. The summed E-state index contributed by atoms with van der Waals surface area (Å²) in [6, 6.07) is 5.21. The molecule has 23 heavy (non-hydrogen) atoms. The number of anilines is 1. The van der Waals surface area contributed by atoms with Crippen LogP contribution >= 0.6 is 0 Å². The highest BCUT2D eigenvalue weighted by Gasteiger charge is 2.14. The van der Waals surface area contributed by atoms with Crippen molar-refractivity contribution >= 4 is 35.7 Å². The third-order valence-electron chi connectivity index (χ3n) is 3.21. The topological polar surface area (TPSA) is 115 Å². The van der Waals surface area contributed by atoms with E-state index in [0.29, 0.717) is 29.9 Å². The van der Waals surface area contributed by atoms with Crippen molar-refractivity contribution in [2.24, 2.45) is 9.98 Å². The summed E-state index contributed by atoms with van der Waals surface area (Å²) in [7, 11) is 1.64. The molecule has 0 saturated carbocycles. The van der Waals surface area contributed by atoms with Crippen molar-refractivity contribution in [2.45, 2.75) is 19.8 Å². The number of hydrogen-bond acceptors (Lipinski definition) is 5. The predicted octanol–water partition coefficient (Wildman–Crippen LogP) is 1.80. The molecule has 7 heteroatoms. The molecule has 0 aromatic heterocycles. The number of carboxylic acids is 1. The van der Waals surface area contributed by atoms with Crippen molar-refractivity contribution in [3.63, 3.8) is 0 Å². The highest BCUT2D eigenvalue weighted by molar-refractivity contribution is 6.45. The monoisotopic (exact) mass is 316 g/mol. The third-order valence-corrected chi connectivity index (χ3v) is 3.21. The molecule has 3 N–H and O–H groups in total. The van der Waals surface area contributed by atoms with Crippen LogP contribution in [0.1, 0.15) is 24.5 Å². The molecule has 1 rings (SSSR count). The minimum absolute atomic E-state index is 0.161. The SMILES string of the molecule is C=NC(CCc1ccc(NCC(=O)O)c(C(=N)C(C)=O)c1)=NC. The van der Waals surface area contributed by atoms with E-state index in [9.17, 15) is 9.59 Å². The Labute approximate surface area is 134 Å². The molecule has 0 saturated heterocycles. The maximum absolute atomic E-state index is 11.5. The van der Waals surface area contributed by atoms with Gasteiger partial charge in [-0.25, -0.2) is 4.99 Å². The highest BCUT2D eigenvalue weighted by Crippen LogP contribution is 2.20. The van der Waals surface area contributed by atoms with E-state index in [-0.39, 0.29) is 18.0 Å². The van der Waals surface area contributed by atoms with Crippen LogP contribution in [0.2, 0.25) is 0 Å². The van der Waals surface area contributed by atoms with Crippen LogP contribution < -0.4 is 5.32 Å². The summed E-state index contributed by atoms with van der Waals surface area (Å²) in [5, 5.41) is 19.4. The summed E-state index contributed by atoms with van der Waals surface area (Å²) < 4.78 is 0. The molecular formula is C16H20N4O3. The summed E-state index contributed by atoms with van der Waals surface area (Å²) in [5.41, 5.74) is 1.57. The number of carbonyl (C=O) groups is 2. The number of carbonyl (C=O) groups excluding carboxylic acids is 1. The molecule has 0 bridgehead atoms. The Morgan fingerprint density at radius 2 is 2.09 bits per heavy atom. The van der Waals surface area contributed by atoms with Crippen LogP contribution in [-0.2, 0) is 16.0 Å². The van der Waals surface area contributed by atoms with Crippen LogP contribution in [0, 0.1) is 5.41 Å². The quantitative estimate of drug-likeness (QED) is 0.501. The van der Waals surface area contributed by atoms with Gasteiger partial charge in [-0.05, 0) is 30.8 Å². The maximum atomic E-state index is 11.5. The zero-order valence-corrected chi connectivity index (χ0v) is 13.2. The van der Waals surface area contributed by atoms with Crippen LogP contribution in [0.5, 0.6) is 0 Å². The Hall–Kier alpha value is -2.83. The Morgan fingerprint density at radius 1 is 1.39 bits per heavy atom. The van der Waals surface area contributed by atoms with E-state index >= 15 is 0 Å². The molecule has 1 aromatic carbocycles. The van der Waals surface area contributed by atoms with Crippen molar-refractivity contribution in [2.75, 3.05) is 18.9 Å². The molecule has 122 valence electrons. The molecule has 0 spiro atoms. The van der Waals surface area contributed by atoms with Crippen molar-refractivity contribution in [3.8, 4) is 0 Å². The zero-order chi connectivity index (χ0) is 17.4. The molecule has 0 heterocycles. The number of aliphatic carboxylic acids is 1. The minimum Gasteiger partial charge on any atom is -0.480 e. The smallest absolute Gasteiger partial charge is 0.322 e. The molecule has 7 nitrogen and oxygen atoms in total. The van der Waals surface area contributed by atoms with Gasteiger partial charge in [0.2, 0.25) is 0 Å². The van der Waals surface area contributed by atoms with Crippen LogP contribution in [0.25, 0.3) is 0 Å². The summed E-state index contributed by atoms with van der Waals surface area (Å²) in [6.45, 7) is 4.46. The van der Waals surface area contributed by atoms with Gasteiger partial charge in [-0.15, -0.1) is 0 Å². The number of Topliss-reactive ketones (excluding diaryl/α,β-unsaturated/α-hetero) is 1. The van der Waals surface area contributed by atoms with Gasteiger partial charge in [-0.3, -0.25) is 20.0 Å². The fraction of sp³-hybridized carbons (Fsp3) is 0.312. The van der Waals surface area contributed by atoms with Gasteiger partial charge in [0.05, 0.1) is 0 Å². The average Bonchev–Trinajstić information content (AvgIpc) is 2.53. The third kappa shape index (κ3) is 5.46. The number of nitrogens with zero attached hydrogens (tertiary/aromatic N) is 2. The predicted molar refractivity (Wildman–Crippen MR) is 91.3 cm³/mol. The molecule has 0 unspecified atom stereocenters. The lowest BCUT2D eigenvalue weighted by Crippen LogP contribution is -2.17. The van der Waals surface area contributed by atoms with E-state index in [4.69, 9.17) is 10.5 Å². The second-order valence-electron chi connectivity index (χ2n) is 4.86. The summed E-state index contributed by atoms with van der Waals surface area (Å²) in [4.78, 5) is 30.0. The molecule has 0 amide bonds. The fourth-order valence-corrected chi connectivity index (χ4v) is 1.99. The molecule has 0 aliphatic carbocycles. The van der Waals surface area contributed by atoms with Crippen molar-refractivity contribution in [1.29, 1.82) is 5.41 Å². The standard InChI is InChI=1S/C16H20N4O3/c1-10(21)16(17)12-8-11(5-7-14(18-2)19-3)4-6-13(12)20-9-15(22)23/h4,6,8,17,20H,2,5,7,9H2,1,3H3,(H,22,23). The van der Waals surface area contributed by atoms with Gasteiger partial charge < -0.3 is 10.4 Å². The molecular weight excluding hydrogens is 296 g/mol. The Morgan fingerprint density at radius 3 is 2.61 bits per heavy atom. The maximum Gasteiger partial charge on any atom is 0.322 e. The van der Waals surface area contributed by atoms with Crippen LogP contribution in [0.15, 0.2) is 28.2 Å². The lowest BCUT2D eigenvalue weighted by Gasteiger charge is -2.12. The second kappa shape index (κ2) is 8.57. The lowest BCUT2D eigenvalue weighted by molar-refractivity contribution is -0.134. The normalized spacial score (nSPS) is 11.0. The molecule has 0 atom stereocenters. The van der Waals surface area contributed by atoms with E-state index in [1.54, 1.807) is 19.2 Å². The molecule has 1 aromatic rings. The van der Waals surface area contributed by atoms with Gasteiger partial charge >= 0.3 is 5.97 Å². The Balaban J connectivity index is 3.06. The number of amidine groups is 1. The number of aliphatic imine (C=N–C) groups is 2. The molecule has 0 aliphatic heterocycles. The van der Waals surface area contributed by atoms with E-state index in [1.807, 2.05) is 6.07 Å². The first-order valence-corrected chi connectivity index (χ1v) is 6.99. The van der Waals surface area contributed by atoms with Gasteiger partial charge in [-0.2, -0.15) is 0 Å². The Kier molecular flexibility index (Phi) is 6.79. The number of rotatable bonds is 8. The van der Waals surface area contributed by atoms with E-state index in [2.05, 4.69) is 22.0 Å². The first-order valence-electron chi connectivity index (χ1n) is 6.99. The van der Waals surface area contributed by atoms with Gasteiger partial charge in [0.25, 0.3) is 0 Å². The van der Waals surface area contributed by atoms with Crippen molar-refractivity contribution in [1.82, 2.24) is 0 Å². The van der Waals surface area contributed by atoms with Gasteiger partial charge in [0.1, 0.15) is 18.1 Å². The van der Waals surface area contributed by atoms with Crippen molar-refractivity contribution < 1.29 is 14.7 Å². The number of carboxylic acid groups (broad SMARTS) is 1. The van der Waals surface area contributed by atoms with Gasteiger partial charge in [-0.1, -0.05) is 6.07 Å². The largest absolute Gasteiger partial charge is 0.480 e. The Bertz CT molecular complexity index is 665. The lowest BCUT2D eigenvalue weighted by atomic mass is 9.99. The van der Waals surface area contributed by atoms with E-state index in [0.717, 1.165) is 5.56 Å². The summed E-state index contributed by atoms with van der Waals surface area (Å²) in [5.74, 6) is -0.777. The highest BCUT2D eigenvalue weighted by atomic mass is 16.4. The van der Waals surface area contributed by atoms with Crippen molar-refractivity contribution in [3.05, 3.63) is 29.3 Å². The first-order chi connectivity index (χ1) is 10.9. The van der Waals surface area contributed by atoms with Crippen LogP contribution in [0.4, 0.5) is 5.69 Å². The second-order valence-corrected chi connectivity index (χ2v) is 4.86. The van der Waals surface area contributed by atoms with Crippen LogP contribution in [0.3, 0.4) is 0 Å². The summed E-state index contributed by atoms with van der Waals surface area (Å²) in [6.07, 6.45) is 1.22. The number of hydrogen-bond donors (Lipinski definition) is 3. The summed E-state index contributed by atoms with van der Waals surface area (Å²) >= 11 is 0. The van der Waals surface area contributed by atoms with E-state index in [1.165, 1.54) is 6.92 Å². The van der Waals surface area contributed by atoms with Crippen LogP contribution in [-0.4, -0.2) is 48.7 Å². The minimum atomic E-state index is -1.02. The van der Waals surface area contributed by atoms with Gasteiger partial charge in [0.15, 0.2) is 5.78 Å². The molecule has 0 aliphatic rings. The fourth-order valence-electron chi connectivity index (χ4n) is 1.99. The van der Waals surface area contributed by atoms with Gasteiger partial charge in [0, 0.05) is 31.6 Å². The number of nitrogens with one attached hydrogen (secondary N) is 2. The first kappa shape index (κ1) is 18.2. The number of ketones is 1.